The molecule has 0 aliphatic heterocycles. The Morgan fingerprint density at radius 3 is 2.83 bits per heavy atom. The highest BCUT2D eigenvalue weighted by Gasteiger charge is 2.13. The van der Waals surface area contributed by atoms with E-state index < -0.39 is 4.92 Å². The molecule has 0 amide bonds. The Kier molecular flexibility index (Phi) is 2.35. The second kappa shape index (κ2) is 3.27. The van der Waals surface area contributed by atoms with Crippen LogP contribution in [0.2, 0.25) is 5.15 Å². The summed E-state index contributed by atoms with van der Waals surface area (Å²) >= 11 is 5.38. The van der Waals surface area contributed by atoms with Crippen LogP contribution in [0.1, 0.15) is 10.4 Å². The average molecular weight is 187 g/mol. The number of rotatable bonds is 2. The van der Waals surface area contributed by atoms with Crippen molar-refractivity contribution in [3.8, 4) is 0 Å². The fourth-order valence-corrected chi connectivity index (χ4v) is 0.817. The van der Waals surface area contributed by atoms with Crippen LogP contribution in [0.4, 0.5) is 5.69 Å². The monoisotopic (exact) mass is 186 g/mol. The van der Waals surface area contributed by atoms with E-state index in [1.165, 1.54) is 6.20 Å². The first-order valence-electron chi connectivity index (χ1n) is 2.90. The number of nitrogens with zero attached hydrogens (tertiary/aromatic N) is 2. The Morgan fingerprint density at radius 1 is 1.67 bits per heavy atom. The van der Waals surface area contributed by atoms with E-state index in [1.54, 1.807) is 0 Å². The van der Waals surface area contributed by atoms with Gasteiger partial charge in [0.2, 0.25) is 5.15 Å². The number of aromatic nitrogens is 1. The molecular weight excluding hydrogens is 184 g/mol. The number of nitro groups is 1. The standard InChI is InChI=1S/C6H3ClN2O3/c7-6-5(9(11)12)1-4(3-10)2-8-6/h1-3H. The van der Waals surface area contributed by atoms with Crippen molar-refractivity contribution >= 4 is 23.6 Å². The van der Waals surface area contributed by atoms with Crippen molar-refractivity contribution in [3.63, 3.8) is 0 Å². The molecule has 0 N–H and O–H groups in total. The molecule has 1 aromatic heterocycles. The Morgan fingerprint density at radius 2 is 2.33 bits per heavy atom. The predicted molar refractivity (Wildman–Crippen MR) is 41.3 cm³/mol. The highest BCUT2D eigenvalue weighted by molar-refractivity contribution is 6.31. The topological polar surface area (TPSA) is 73.1 Å². The smallest absolute Gasteiger partial charge is 0.298 e. The number of hydrogen-bond acceptors (Lipinski definition) is 4. The van der Waals surface area contributed by atoms with E-state index in [0.29, 0.717) is 6.29 Å². The van der Waals surface area contributed by atoms with Gasteiger partial charge in [-0.15, -0.1) is 0 Å². The maximum Gasteiger partial charge on any atom is 0.307 e. The number of carbonyl (C=O) groups is 1. The summed E-state index contributed by atoms with van der Waals surface area (Å²) in [6.45, 7) is 0. The fraction of sp³-hybridized carbons (Fsp3) is 0. The molecule has 1 heterocycles. The molecule has 0 atom stereocenters. The van der Waals surface area contributed by atoms with Crippen molar-refractivity contribution < 1.29 is 9.72 Å². The summed E-state index contributed by atoms with van der Waals surface area (Å²) in [6.07, 6.45) is 1.64. The molecule has 0 aliphatic carbocycles. The molecule has 0 bridgehead atoms. The van der Waals surface area contributed by atoms with Crippen LogP contribution < -0.4 is 0 Å². The van der Waals surface area contributed by atoms with Crippen LogP contribution in [0.15, 0.2) is 12.3 Å². The quantitative estimate of drug-likeness (QED) is 0.303. The first kappa shape index (κ1) is 8.61. The van der Waals surface area contributed by atoms with E-state index in [-0.39, 0.29) is 16.4 Å². The Bertz CT molecular complexity index is 340. The lowest BCUT2D eigenvalue weighted by molar-refractivity contribution is -0.385. The normalized spacial score (nSPS) is 9.42. The van der Waals surface area contributed by atoms with Crippen LogP contribution in [0, 0.1) is 10.1 Å². The summed E-state index contributed by atoms with van der Waals surface area (Å²) in [5.41, 5.74) is -0.229. The van der Waals surface area contributed by atoms with Crippen LogP contribution in [0.5, 0.6) is 0 Å². The molecule has 6 heteroatoms. The summed E-state index contributed by atoms with van der Waals surface area (Å²) in [5.74, 6) is 0. The van der Waals surface area contributed by atoms with E-state index >= 15 is 0 Å². The van der Waals surface area contributed by atoms with Gasteiger partial charge in [-0.3, -0.25) is 14.9 Å². The number of aldehydes is 1. The maximum atomic E-state index is 10.3. The van der Waals surface area contributed by atoms with Crippen molar-refractivity contribution in [3.05, 3.63) is 33.1 Å². The minimum Gasteiger partial charge on any atom is -0.298 e. The third-order valence-corrected chi connectivity index (χ3v) is 1.47. The molecular formula is C6H3ClN2O3. The van der Waals surface area contributed by atoms with Crippen LogP contribution in [-0.4, -0.2) is 16.2 Å². The lowest BCUT2D eigenvalue weighted by Crippen LogP contribution is -1.93. The summed E-state index contributed by atoms with van der Waals surface area (Å²) in [7, 11) is 0. The molecule has 0 radical (unpaired) electrons. The van der Waals surface area contributed by atoms with Gasteiger partial charge >= 0.3 is 5.69 Å². The van der Waals surface area contributed by atoms with Gasteiger partial charge in [-0.2, -0.15) is 0 Å². The van der Waals surface area contributed by atoms with E-state index in [2.05, 4.69) is 4.98 Å². The Labute approximate surface area is 72.1 Å². The molecule has 0 fully saturated rings. The average Bonchev–Trinajstić information content (AvgIpc) is 2.05. The molecule has 62 valence electrons. The van der Waals surface area contributed by atoms with Gasteiger partial charge in [-0.1, -0.05) is 11.6 Å². The molecule has 1 aromatic rings. The molecule has 0 saturated heterocycles. The van der Waals surface area contributed by atoms with Crippen molar-refractivity contribution in [1.29, 1.82) is 0 Å². The van der Waals surface area contributed by atoms with Crippen molar-refractivity contribution in [2.24, 2.45) is 0 Å². The molecule has 0 unspecified atom stereocenters. The molecule has 0 spiro atoms. The molecule has 0 aliphatic rings. The van der Waals surface area contributed by atoms with Crippen molar-refractivity contribution in [2.45, 2.75) is 0 Å². The lowest BCUT2D eigenvalue weighted by atomic mass is 10.3. The Hall–Kier alpha value is -1.49. The highest BCUT2D eigenvalue weighted by atomic mass is 35.5. The summed E-state index contributed by atoms with van der Waals surface area (Å²) in [6, 6.07) is 1.07. The van der Waals surface area contributed by atoms with Crippen molar-refractivity contribution in [1.82, 2.24) is 4.98 Å². The molecule has 1 rings (SSSR count). The molecule has 12 heavy (non-hydrogen) atoms. The minimum absolute atomic E-state index is 0.131. The van der Waals surface area contributed by atoms with Gasteiger partial charge in [0, 0.05) is 17.8 Å². The van der Waals surface area contributed by atoms with E-state index in [1.807, 2.05) is 0 Å². The van der Waals surface area contributed by atoms with Crippen LogP contribution >= 0.6 is 11.6 Å². The summed E-state index contributed by atoms with van der Waals surface area (Å²) in [5, 5.41) is 10.0. The highest BCUT2D eigenvalue weighted by Crippen LogP contribution is 2.21. The van der Waals surface area contributed by atoms with Gasteiger partial charge in [-0.05, 0) is 0 Å². The fourth-order valence-electron chi connectivity index (χ4n) is 0.645. The molecule has 5 nitrogen and oxygen atoms in total. The second-order valence-corrected chi connectivity index (χ2v) is 2.31. The molecule has 0 saturated carbocycles. The van der Waals surface area contributed by atoms with E-state index in [4.69, 9.17) is 11.6 Å². The minimum atomic E-state index is -0.692. The van der Waals surface area contributed by atoms with E-state index in [0.717, 1.165) is 6.07 Å². The van der Waals surface area contributed by atoms with Gasteiger partial charge < -0.3 is 0 Å². The zero-order valence-electron chi connectivity index (χ0n) is 5.73. The van der Waals surface area contributed by atoms with E-state index in [9.17, 15) is 14.9 Å². The van der Waals surface area contributed by atoms with Gasteiger partial charge in [0.1, 0.15) is 0 Å². The summed E-state index contributed by atoms with van der Waals surface area (Å²) < 4.78 is 0. The van der Waals surface area contributed by atoms with Gasteiger partial charge in [0.25, 0.3) is 0 Å². The first-order chi connectivity index (χ1) is 5.65. The lowest BCUT2D eigenvalue weighted by Gasteiger charge is -1.93. The zero-order valence-corrected chi connectivity index (χ0v) is 6.49. The second-order valence-electron chi connectivity index (χ2n) is 1.95. The number of halogens is 1. The third kappa shape index (κ3) is 1.57. The van der Waals surface area contributed by atoms with Crippen LogP contribution in [0.3, 0.4) is 0 Å². The summed E-state index contributed by atoms with van der Waals surface area (Å²) in [4.78, 5) is 23.2. The number of hydrogen-bond donors (Lipinski definition) is 0. The van der Waals surface area contributed by atoms with Gasteiger partial charge in [-0.25, -0.2) is 4.98 Å². The third-order valence-electron chi connectivity index (χ3n) is 1.17. The van der Waals surface area contributed by atoms with Gasteiger partial charge in [0.05, 0.1) is 4.92 Å². The maximum absolute atomic E-state index is 10.3. The van der Waals surface area contributed by atoms with Crippen LogP contribution in [0.25, 0.3) is 0 Å². The Balaban J connectivity index is 3.25. The largest absolute Gasteiger partial charge is 0.307 e. The zero-order chi connectivity index (χ0) is 9.14. The van der Waals surface area contributed by atoms with Crippen LogP contribution in [-0.2, 0) is 0 Å². The first-order valence-corrected chi connectivity index (χ1v) is 3.28. The number of carbonyl (C=O) groups excluding carboxylic acids is 1. The van der Waals surface area contributed by atoms with Gasteiger partial charge in [0.15, 0.2) is 6.29 Å². The number of pyridine rings is 1. The SMILES string of the molecule is O=Cc1cnc(Cl)c([N+](=O)[O-])c1. The van der Waals surface area contributed by atoms with Crippen molar-refractivity contribution in [2.75, 3.05) is 0 Å². The predicted octanol–water partition coefficient (Wildman–Crippen LogP) is 1.46. The molecule has 0 aromatic carbocycles.